The molecule has 2 aliphatic carbocycles. The Kier molecular flexibility index (Phi) is 6.68. The molecule has 1 aromatic rings. The van der Waals surface area contributed by atoms with Crippen molar-refractivity contribution in [1.82, 2.24) is 0 Å². The van der Waals surface area contributed by atoms with Crippen LogP contribution < -0.4 is 4.74 Å². The summed E-state index contributed by atoms with van der Waals surface area (Å²) in [4.78, 5) is 10.7. The van der Waals surface area contributed by atoms with Crippen LogP contribution in [0.1, 0.15) is 68.9 Å². The molecule has 0 saturated heterocycles. The van der Waals surface area contributed by atoms with Gasteiger partial charge in [-0.15, -0.1) is 0 Å². The van der Waals surface area contributed by atoms with Crippen LogP contribution >= 0.6 is 0 Å². The standard InChI is InChI=1S/C22H27F3O3/c23-22(24,25)20-13-19(10-8-16(20)9-11-21(26)27)28-14-18-7-3-6-17(18)12-15-4-1-2-5-15/h8,10,13,15H,1-7,9,11-12,14H2,(H,26,27). The van der Waals surface area contributed by atoms with Crippen LogP contribution in [0.4, 0.5) is 13.2 Å². The summed E-state index contributed by atoms with van der Waals surface area (Å²) >= 11 is 0. The third kappa shape index (κ3) is 5.52. The van der Waals surface area contributed by atoms with E-state index >= 15 is 0 Å². The van der Waals surface area contributed by atoms with Gasteiger partial charge >= 0.3 is 12.1 Å². The zero-order valence-electron chi connectivity index (χ0n) is 16.0. The molecule has 1 fully saturated rings. The molecule has 0 radical (unpaired) electrons. The number of hydrogen-bond acceptors (Lipinski definition) is 2. The van der Waals surface area contributed by atoms with Crippen LogP contribution in [0.25, 0.3) is 0 Å². The van der Waals surface area contributed by atoms with Crippen molar-refractivity contribution in [3.8, 4) is 5.75 Å². The fraction of sp³-hybridized carbons (Fsp3) is 0.591. The molecule has 1 N–H and O–H groups in total. The minimum absolute atomic E-state index is 0.00995. The van der Waals surface area contributed by atoms with Gasteiger partial charge < -0.3 is 9.84 Å². The molecule has 3 nitrogen and oxygen atoms in total. The molecule has 0 bridgehead atoms. The molecule has 154 valence electrons. The van der Waals surface area contributed by atoms with Crippen LogP contribution in [0.15, 0.2) is 29.3 Å². The molecular weight excluding hydrogens is 369 g/mol. The Labute approximate surface area is 163 Å². The lowest BCUT2D eigenvalue weighted by atomic mass is 9.96. The normalized spacial score (nSPS) is 18.1. The van der Waals surface area contributed by atoms with Crippen molar-refractivity contribution in [2.45, 2.75) is 70.4 Å². The summed E-state index contributed by atoms with van der Waals surface area (Å²) in [5, 5.41) is 8.74. The summed E-state index contributed by atoms with van der Waals surface area (Å²) in [7, 11) is 0. The highest BCUT2D eigenvalue weighted by Gasteiger charge is 2.34. The fourth-order valence-corrected chi connectivity index (χ4v) is 4.39. The molecule has 3 rings (SSSR count). The Morgan fingerprint density at radius 2 is 1.82 bits per heavy atom. The van der Waals surface area contributed by atoms with Crippen LogP contribution in [0, 0.1) is 5.92 Å². The van der Waals surface area contributed by atoms with Crippen molar-refractivity contribution >= 4 is 5.97 Å². The lowest BCUT2D eigenvalue weighted by Crippen LogP contribution is -2.11. The lowest BCUT2D eigenvalue weighted by Gasteiger charge is -2.16. The highest BCUT2D eigenvalue weighted by Crippen LogP contribution is 2.38. The highest BCUT2D eigenvalue weighted by atomic mass is 19.4. The number of hydrogen-bond donors (Lipinski definition) is 1. The van der Waals surface area contributed by atoms with E-state index in [1.165, 1.54) is 49.0 Å². The predicted molar refractivity (Wildman–Crippen MR) is 100 cm³/mol. The predicted octanol–water partition coefficient (Wildman–Crippen LogP) is 6.16. The summed E-state index contributed by atoms with van der Waals surface area (Å²) in [6.45, 7) is 0.341. The molecular formula is C22H27F3O3. The number of rotatable bonds is 8. The van der Waals surface area contributed by atoms with Crippen molar-refractivity contribution in [3.63, 3.8) is 0 Å². The third-order valence-electron chi connectivity index (χ3n) is 5.87. The largest absolute Gasteiger partial charge is 0.489 e. The van der Waals surface area contributed by atoms with Crippen molar-refractivity contribution < 1.29 is 27.8 Å². The van der Waals surface area contributed by atoms with Gasteiger partial charge in [0, 0.05) is 6.42 Å². The number of halogens is 3. The van der Waals surface area contributed by atoms with Gasteiger partial charge in [0.25, 0.3) is 0 Å². The summed E-state index contributed by atoms with van der Waals surface area (Å²) in [5.74, 6) is -0.170. The number of carboxylic acids is 1. The number of benzene rings is 1. The van der Waals surface area contributed by atoms with E-state index in [-0.39, 0.29) is 24.2 Å². The van der Waals surface area contributed by atoms with Gasteiger partial charge in [0.05, 0.1) is 5.56 Å². The van der Waals surface area contributed by atoms with Gasteiger partial charge in [-0.2, -0.15) is 13.2 Å². The van der Waals surface area contributed by atoms with Crippen molar-refractivity contribution in [2.24, 2.45) is 5.92 Å². The van der Waals surface area contributed by atoms with Gasteiger partial charge in [-0.1, -0.05) is 37.3 Å². The van der Waals surface area contributed by atoms with E-state index in [0.717, 1.165) is 37.7 Å². The minimum Gasteiger partial charge on any atom is -0.489 e. The van der Waals surface area contributed by atoms with Crippen molar-refractivity contribution in [3.05, 3.63) is 40.5 Å². The molecule has 1 saturated carbocycles. The number of ether oxygens (including phenoxy) is 1. The molecule has 0 unspecified atom stereocenters. The van der Waals surface area contributed by atoms with E-state index in [0.29, 0.717) is 6.61 Å². The summed E-state index contributed by atoms with van der Waals surface area (Å²) in [6, 6.07) is 3.85. The quantitative estimate of drug-likeness (QED) is 0.535. The molecule has 0 heterocycles. The van der Waals surface area contributed by atoms with E-state index in [1.807, 2.05) is 0 Å². The summed E-state index contributed by atoms with van der Waals surface area (Å²) in [6.07, 6.45) is 4.41. The molecule has 1 aromatic carbocycles. The second-order valence-corrected chi connectivity index (χ2v) is 7.91. The minimum atomic E-state index is -4.53. The van der Waals surface area contributed by atoms with Gasteiger partial charge in [0.2, 0.25) is 0 Å². The number of carbonyl (C=O) groups is 1. The van der Waals surface area contributed by atoms with Crippen molar-refractivity contribution in [1.29, 1.82) is 0 Å². The Morgan fingerprint density at radius 3 is 2.50 bits per heavy atom. The van der Waals surface area contributed by atoms with E-state index < -0.39 is 17.7 Å². The van der Waals surface area contributed by atoms with E-state index in [9.17, 15) is 18.0 Å². The monoisotopic (exact) mass is 396 g/mol. The van der Waals surface area contributed by atoms with Gasteiger partial charge in [0.1, 0.15) is 12.4 Å². The Morgan fingerprint density at radius 1 is 1.11 bits per heavy atom. The van der Waals surface area contributed by atoms with Crippen LogP contribution in [-0.2, 0) is 17.4 Å². The average molecular weight is 396 g/mol. The SMILES string of the molecule is O=C(O)CCc1ccc(OCC2=C(CC3CCCC3)CCC2)cc1C(F)(F)F. The molecule has 28 heavy (non-hydrogen) atoms. The Hall–Kier alpha value is -1.98. The van der Waals surface area contributed by atoms with Crippen LogP contribution in [0.3, 0.4) is 0 Å². The molecule has 6 heteroatoms. The first kappa shape index (κ1) is 20.7. The number of allylic oxidation sites excluding steroid dienone is 1. The maximum Gasteiger partial charge on any atom is 0.416 e. The third-order valence-corrected chi connectivity index (χ3v) is 5.87. The number of aryl methyl sites for hydroxylation is 1. The average Bonchev–Trinajstić information content (AvgIpc) is 3.30. The Balaban J connectivity index is 1.68. The van der Waals surface area contributed by atoms with Crippen LogP contribution in [0.5, 0.6) is 5.75 Å². The maximum absolute atomic E-state index is 13.4. The van der Waals surface area contributed by atoms with Gasteiger partial charge in [-0.3, -0.25) is 4.79 Å². The summed E-state index contributed by atoms with van der Waals surface area (Å²) in [5.41, 5.74) is 1.87. The smallest absolute Gasteiger partial charge is 0.416 e. The second-order valence-electron chi connectivity index (χ2n) is 7.91. The van der Waals surface area contributed by atoms with Gasteiger partial charge in [0.15, 0.2) is 0 Å². The first-order valence-corrected chi connectivity index (χ1v) is 10.1. The van der Waals surface area contributed by atoms with Gasteiger partial charge in [-0.05, 0) is 61.3 Å². The van der Waals surface area contributed by atoms with E-state index in [4.69, 9.17) is 9.84 Å². The van der Waals surface area contributed by atoms with Crippen LogP contribution in [-0.4, -0.2) is 17.7 Å². The van der Waals surface area contributed by atoms with E-state index in [2.05, 4.69) is 0 Å². The molecule has 0 atom stereocenters. The zero-order chi connectivity index (χ0) is 20.1. The van der Waals surface area contributed by atoms with E-state index in [1.54, 1.807) is 0 Å². The Bertz CT molecular complexity index is 731. The number of aliphatic carboxylic acids is 1. The van der Waals surface area contributed by atoms with Gasteiger partial charge in [-0.25, -0.2) is 0 Å². The first-order chi connectivity index (χ1) is 13.3. The maximum atomic E-state index is 13.4. The second kappa shape index (κ2) is 9.01. The summed E-state index contributed by atoms with van der Waals surface area (Å²) < 4.78 is 45.8. The van der Waals surface area contributed by atoms with Crippen LogP contribution in [0.2, 0.25) is 0 Å². The number of carboxylic acid groups (broad SMARTS) is 1. The fourth-order valence-electron chi connectivity index (χ4n) is 4.39. The zero-order valence-corrected chi connectivity index (χ0v) is 16.0. The molecule has 0 spiro atoms. The lowest BCUT2D eigenvalue weighted by molar-refractivity contribution is -0.140. The topological polar surface area (TPSA) is 46.5 Å². The molecule has 0 aromatic heterocycles. The molecule has 0 aliphatic heterocycles. The first-order valence-electron chi connectivity index (χ1n) is 10.1. The van der Waals surface area contributed by atoms with Crippen molar-refractivity contribution in [2.75, 3.05) is 6.61 Å². The molecule has 0 amide bonds. The molecule has 2 aliphatic rings. The number of alkyl halides is 3. The highest BCUT2D eigenvalue weighted by molar-refractivity contribution is 5.67.